The van der Waals surface area contributed by atoms with Gasteiger partial charge in [-0.2, -0.15) is 0 Å². The number of ether oxygens (including phenoxy) is 2. The minimum atomic E-state index is -0.332. The summed E-state index contributed by atoms with van der Waals surface area (Å²) in [4.78, 5) is 30.5. The zero-order chi connectivity index (χ0) is 18.4. The fourth-order valence-corrected chi connectivity index (χ4v) is 3.89. The number of carbonyl (C=O) groups excluding carboxylic acids is 1. The van der Waals surface area contributed by atoms with Crippen LogP contribution >= 0.6 is 11.8 Å². The molecule has 0 unspecified atom stereocenters. The van der Waals surface area contributed by atoms with Gasteiger partial charge in [0.2, 0.25) is 0 Å². The Morgan fingerprint density at radius 2 is 2.12 bits per heavy atom. The molecule has 2 aromatic rings. The van der Waals surface area contributed by atoms with Gasteiger partial charge in [-0.1, -0.05) is 23.9 Å². The summed E-state index contributed by atoms with van der Waals surface area (Å²) in [5, 5.41) is 1.17. The summed E-state index contributed by atoms with van der Waals surface area (Å²) in [6.45, 7) is 5.19. The van der Waals surface area contributed by atoms with Crippen LogP contribution in [0.15, 0.2) is 34.2 Å². The van der Waals surface area contributed by atoms with Gasteiger partial charge in [-0.15, -0.1) is 0 Å². The Labute approximate surface area is 156 Å². The molecular weight excluding hydrogens is 354 g/mol. The lowest BCUT2D eigenvalue weighted by molar-refractivity contribution is -0.908. The van der Waals surface area contributed by atoms with Gasteiger partial charge in [0.1, 0.15) is 13.1 Å². The van der Waals surface area contributed by atoms with E-state index in [4.69, 9.17) is 9.47 Å². The molecule has 1 fully saturated rings. The van der Waals surface area contributed by atoms with Crippen molar-refractivity contribution in [3.63, 3.8) is 0 Å². The number of nitrogens with one attached hydrogen (secondary N) is 1. The number of carbonyl (C=O) groups is 1. The first-order valence-corrected chi connectivity index (χ1v) is 9.78. The Bertz CT molecular complexity index is 818. The SMILES string of the molecule is COC(=O)CSc1nc2ccccc2c(=O)n1CCC[NH+]1CCOCC1. The normalized spacial score (nSPS) is 15.3. The second kappa shape index (κ2) is 9.16. The van der Waals surface area contributed by atoms with E-state index in [1.807, 2.05) is 18.2 Å². The number of aromatic nitrogens is 2. The zero-order valence-electron chi connectivity index (χ0n) is 14.9. The molecule has 0 bridgehead atoms. The molecule has 3 rings (SSSR count). The maximum atomic E-state index is 12.9. The highest BCUT2D eigenvalue weighted by Crippen LogP contribution is 2.18. The molecule has 1 saturated heterocycles. The van der Waals surface area contributed by atoms with E-state index in [1.54, 1.807) is 10.6 Å². The number of para-hydroxylation sites is 1. The van der Waals surface area contributed by atoms with Gasteiger partial charge in [0.15, 0.2) is 5.16 Å². The highest BCUT2D eigenvalue weighted by Gasteiger charge is 2.16. The number of esters is 1. The van der Waals surface area contributed by atoms with Crippen molar-refractivity contribution < 1.29 is 19.2 Å². The zero-order valence-corrected chi connectivity index (χ0v) is 15.7. The lowest BCUT2D eigenvalue weighted by Crippen LogP contribution is -3.14. The van der Waals surface area contributed by atoms with E-state index >= 15 is 0 Å². The Kier molecular flexibility index (Phi) is 6.65. The lowest BCUT2D eigenvalue weighted by Gasteiger charge is -2.24. The highest BCUT2D eigenvalue weighted by molar-refractivity contribution is 7.99. The molecule has 7 nitrogen and oxygen atoms in total. The van der Waals surface area contributed by atoms with Crippen molar-refractivity contribution in [3.05, 3.63) is 34.6 Å². The summed E-state index contributed by atoms with van der Waals surface area (Å²) in [5.41, 5.74) is 0.597. The number of thioether (sulfide) groups is 1. The molecule has 2 heterocycles. The maximum Gasteiger partial charge on any atom is 0.316 e. The third-order valence-electron chi connectivity index (χ3n) is 4.49. The number of methoxy groups -OCH3 is 1. The van der Waals surface area contributed by atoms with Gasteiger partial charge in [0, 0.05) is 13.0 Å². The van der Waals surface area contributed by atoms with Crippen LogP contribution in [-0.4, -0.2) is 61.2 Å². The molecule has 26 heavy (non-hydrogen) atoms. The van der Waals surface area contributed by atoms with Crippen molar-refractivity contribution in [1.29, 1.82) is 0 Å². The number of benzene rings is 1. The maximum absolute atomic E-state index is 12.9. The van der Waals surface area contributed by atoms with Crippen LogP contribution in [0.3, 0.4) is 0 Å². The fraction of sp³-hybridized carbons (Fsp3) is 0.500. The van der Waals surface area contributed by atoms with Crippen LogP contribution in [0.1, 0.15) is 6.42 Å². The van der Waals surface area contributed by atoms with E-state index in [9.17, 15) is 9.59 Å². The summed E-state index contributed by atoms with van der Waals surface area (Å²) in [6.07, 6.45) is 0.876. The van der Waals surface area contributed by atoms with E-state index < -0.39 is 0 Å². The number of nitrogens with zero attached hydrogens (tertiary/aromatic N) is 2. The first kappa shape index (κ1) is 18.9. The molecule has 0 atom stereocenters. The van der Waals surface area contributed by atoms with Crippen molar-refractivity contribution >= 4 is 28.6 Å². The Morgan fingerprint density at radius 3 is 2.88 bits per heavy atom. The topological polar surface area (TPSA) is 74.9 Å². The van der Waals surface area contributed by atoms with Crippen LogP contribution in [-0.2, 0) is 20.8 Å². The Balaban J connectivity index is 1.79. The lowest BCUT2D eigenvalue weighted by atomic mass is 10.2. The predicted octanol–water partition coefficient (Wildman–Crippen LogP) is -0.0332. The second-order valence-corrected chi connectivity index (χ2v) is 7.14. The van der Waals surface area contributed by atoms with Crippen molar-refractivity contribution in [3.8, 4) is 0 Å². The van der Waals surface area contributed by atoms with Crippen molar-refractivity contribution in [2.45, 2.75) is 18.1 Å². The average Bonchev–Trinajstić information content (AvgIpc) is 2.69. The van der Waals surface area contributed by atoms with Gasteiger partial charge in [0.25, 0.3) is 5.56 Å². The van der Waals surface area contributed by atoms with Crippen molar-refractivity contribution in [2.24, 2.45) is 0 Å². The summed E-state index contributed by atoms with van der Waals surface area (Å²) in [7, 11) is 1.36. The van der Waals surface area contributed by atoms with E-state index in [-0.39, 0.29) is 17.3 Å². The van der Waals surface area contributed by atoms with Gasteiger partial charge in [-0.25, -0.2) is 4.98 Å². The molecule has 1 aromatic heterocycles. The Morgan fingerprint density at radius 1 is 1.35 bits per heavy atom. The third kappa shape index (κ3) is 4.63. The molecule has 0 aliphatic carbocycles. The average molecular weight is 378 g/mol. The van der Waals surface area contributed by atoms with E-state index in [1.165, 1.54) is 23.8 Å². The molecule has 1 N–H and O–H groups in total. The molecule has 0 spiro atoms. The van der Waals surface area contributed by atoms with E-state index in [2.05, 4.69) is 4.98 Å². The fourth-order valence-electron chi connectivity index (χ4n) is 3.03. The summed E-state index contributed by atoms with van der Waals surface area (Å²) < 4.78 is 11.8. The largest absolute Gasteiger partial charge is 0.468 e. The van der Waals surface area contributed by atoms with Crippen LogP contribution < -0.4 is 10.5 Å². The quantitative estimate of drug-likeness (QED) is 0.414. The van der Waals surface area contributed by atoms with E-state index in [0.717, 1.165) is 39.3 Å². The molecule has 8 heteroatoms. The van der Waals surface area contributed by atoms with Crippen LogP contribution in [0.25, 0.3) is 10.9 Å². The van der Waals surface area contributed by atoms with Gasteiger partial charge in [-0.05, 0) is 12.1 Å². The van der Waals surface area contributed by atoms with Gasteiger partial charge >= 0.3 is 5.97 Å². The van der Waals surface area contributed by atoms with Crippen LogP contribution in [0, 0.1) is 0 Å². The number of hydrogen-bond donors (Lipinski definition) is 1. The molecule has 0 amide bonds. The molecule has 140 valence electrons. The van der Waals surface area contributed by atoms with Crippen LogP contribution in [0.5, 0.6) is 0 Å². The standard InChI is InChI=1S/C18H23N3O4S/c1-24-16(22)13-26-18-19-15-6-3-2-5-14(15)17(23)21(18)8-4-7-20-9-11-25-12-10-20/h2-3,5-6H,4,7-13H2,1H3/p+1. The number of rotatable bonds is 7. The van der Waals surface area contributed by atoms with Crippen molar-refractivity contribution in [1.82, 2.24) is 9.55 Å². The predicted molar refractivity (Wildman–Crippen MR) is 99.7 cm³/mol. The smallest absolute Gasteiger partial charge is 0.316 e. The van der Waals surface area contributed by atoms with Gasteiger partial charge < -0.3 is 14.4 Å². The molecule has 0 saturated carbocycles. The first-order chi connectivity index (χ1) is 12.7. The Hall–Kier alpha value is -1.90. The first-order valence-electron chi connectivity index (χ1n) is 8.79. The molecule has 1 aliphatic heterocycles. The highest BCUT2D eigenvalue weighted by atomic mass is 32.2. The molecule has 1 aromatic carbocycles. The van der Waals surface area contributed by atoms with Gasteiger partial charge in [0.05, 0.1) is 43.5 Å². The summed E-state index contributed by atoms with van der Waals surface area (Å²) in [5.74, 6) is -0.197. The monoisotopic (exact) mass is 378 g/mol. The molecular formula is C18H24N3O4S+. The second-order valence-electron chi connectivity index (χ2n) is 6.20. The number of quaternary nitrogens is 1. The minimum absolute atomic E-state index is 0.0556. The summed E-state index contributed by atoms with van der Waals surface area (Å²) in [6, 6.07) is 7.31. The third-order valence-corrected chi connectivity index (χ3v) is 5.44. The summed E-state index contributed by atoms with van der Waals surface area (Å²) >= 11 is 1.25. The molecule has 1 aliphatic rings. The molecule has 0 radical (unpaired) electrons. The van der Waals surface area contributed by atoms with Crippen LogP contribution in [0.4, 0.5) is 0 Å². The van der Waals surface area contributed by atoms with Crippen molar-refractivity contribution in [2.75, 3.05) is 45.7 Å². The minimum Gasteiger partial charge on any atom is -0.468 e. The number of hydrogen-bond acceptors (Lipinski definition) is 6. The number of morpholine rings is 1. The number of fused-ring (bicyclic) bond motifs is 1. The van der Waals surface area contributed by atoms with Crippen LogP contribution in [0.2, 0.25) is 0 Å². The van der Waals surface area contributed by atoms with Gasteiger partial charge in [-0.3, -0.25) is 14.2 Å². The van der Waals surface area contributed by atoms with E-state index in [0.29, 0.717) is 22.6 Å².